The molecule has 5 nitrogen and oxygen atoms in total. The number of amides is 1. The molecule has 1 amide bonds. The van der Waals surface area contributed by atoms with Gasteiger partial charge in [-0.3, -0.25) is 4.90 Å². The standard InChI is InChI=1S/C27H54N2O3S/c1-2-3-4-5-6-10-13-16-25-33-26-17-14-11-8-7-9-12-15-18-28-27(30)32-24-21-29-19-22-31-23-20-29/h2-26H2,1H3,(H,28,30). The van der Waals surface area contributed by atoms with Gasteiger partial charge in [0.15, 0.2) is 0 Å². The molecule has 6 heteroatoms. The Bertz CT molecular complexity index is 420. The Morgan fingerprint density at radius 1 is 0.788 bits per heavy atom. The molecule has 0 aromatic rings. The summed E-state index contributed by atoms with van der Waals surface area (Å²) in [5.41, 5.74) is 0. The van der Waals surface area contributed by atoms with Gasteiger partial charge in [0.2, 0.25) is 0 Å². The highest BCUT2D eigenvalue weighted by Crippen LogP contribution is 2.14. The molecule has 1 heterocycles. The lowest BCUT2D eigenvalue weighted by Crippen LogP contribution is -2.39. The first-order valence-electron chi connectivity index (χ1n) is 14.1. The smallest absolute Gasteiger partial charge is 0.407 e. The number of carbonyl (C=O) groups is 1. The van der Waals surface area contributed by atoms with Gasteiger partial charge in [-0.05, 0) is 30.8 Å². The molecule has 1 aliphatic heterocycles. The molecule has 1 saturated heterocycles. The van der Waals surface area contributed by atoms with Gasteiger partial charge in [0.1, 0.15) is 6.61 Å². The number of ether oxygens (including phenoxy) is 2. The molecule has 0 aromatic heterocycles. The largest absolute Gasteiger partial charge is 0.448 e. The number of alkyl carbamates (subject to hydrolysis) is 1. The van der Waals surface area contributed by atoms with E-state index in [1.54, 1.807) is 0 Å². The number of hydrogen-bond acceptors (Lipinski definition) is 5. The van der Waals surface area contributed by atoms with Crippen molar-refractivity contribution in [1.82, 2.24) is 10.2 Å². The van der Waals surface area contributed by atoms with Gasteiger partial charge < -0.3 is 14.8 Å². The van der Waals surface area contributed by atoms with E-state index in [4.69, 9.17) is 9.47 Å². The molecule has 0 radical (unpaired) electrons. The first-order chi connectivity index (χ1) is 16.3. The first kappa shape index (κ1) is 30.6. The van der Waals surface area contributed by atoms with Crippen molar-refractivity contribution in [2.45, 2.75) is 110 Å². The second-order valence-electron chi connectivity index (χ2n) is 9.43. The number of hydrogen-bond donors (Lipinski definition) is 1. The summed E-state index contributed by atoms with van der Waals surface area (Å²) < 4.78 is 10.6. The van der Waals surface area contributed by atoms with Crippen LogP contribution in [-0.2, 0) is 9.47 Å². The van der Waals surface area contributed by atoms with Gasteiger partial charge in [0, 0.05) is 26.2 Å². The molecule has 0 bridgehead atoms. The molecule has 196 valence electrons. The number of morpholine rings is 1. The van der Waals surface area contributed by atoms with Gasteiger partial charge in [-0.25, -0.2) is 4.79 Å². The molecule has 0 unspecified atom stereocenters. The summed E-state index contributed by atoms with van der Waals surface area (Å²) in [6, 6.07) is 0. The van der Waals surface area contributed by atoms with Crippen molar-refractivity contribution in [3.05, 3.63) is 0 Å². The van der Waals surface area contributed by atoms with Crippen LogP contribution in [0.4, 0.5) is 4.79 Å². The highest BCUT2D eigenvalue weighted by Gasteiger charge is 2.10. The van der Waals surface area contributed by atoms with Crippen molar-refractivity contribution in [3.8, 4) is 0 Å². The molecule has 0 aromatic carbocycles. The van der Waals surface area contributed by atoms with Crippen molar-refractivity contribution < 1.29 is 14.3 Å². The first-order valence-corrected chi connectivity index (χ1v) is 15.3. The molecule has 1 aliphatic rings. The Hall–Kier alpha value is -0.460. The number of carbonyl (C=O) groups excluding carboxylic acids is 1. The van der Waals surface area contributed by atoms with E-state index in [1.165, 1.54) is 108 Å². The van der Waals surface area contributed by atoms with E-state index in [1.807, 2.05) is 0 Å². The highest BCUT2D eigenvalue weighted by atomic mass is 32.2. The van der Waals surface area contributed by atoms with Crippen LogP contribution in [-0.4, -0.2) is 68.5 Å². The molecule has 1 fully saturated rings. The summed E-state index contributed by atoms with van der Waals surface area (Å²) in [6.07, 6.45) is 21.5. The Kier molecular flexibility index (Phi) is 22.8. The third kappa shape index (κ3) is 21.8. The zero-order chi connectivity index (χ0) is 23.7. The number of nitrogens with zero attached hydrogens (tertiary/aromatic N) is 1. The lowest BCUT2D eigenvalue weighted by atomic mass is 10.1. The maximum atomic E-state index is 11.7. The number of thioether (sulfide) groups is 1. The molecule has 1 rings (SSSR count). The van der Waals surface area contributed by atoms with Crippen LogP contribution in [0.3, 0.4) is 0 Å². The second kappa shape index (κ2) is 24.7. The lowest BCUT2D eigenvalue weighted by Gasteiger charge is -2.26. The summed E-state index contributed by atoms with van der Waals surface area (Å²) in [7, 11) is 0. The molecule has 1 N–H and O–H groups in total. The van der Waals surface area contributed by atoms with Crippen molar-refractivity contribution in [3.63, 3.8) is 0 Å². The Morgan fingerprint density at radius 2 is 1.30 bits per heavy atom. The predicted octanol–water partition coefficient (Wildman–Crippen LogP) is 7.04. The zero-order valence-corrected chi connectivity index (χ0v) is 22.6. The van der Waals surface area contributed by atoms with E-state index in [2.05, 4.69) is 28.9 Å². The summed E-state index contributed by atoms with van der Waals surface area (Å²) >= 11 is 2.16. The molecular weight excluding hydrogens is 432 g/mol. The van der Waals surface area contributed by atoms with Crippen molar-refractivity contribution >= 4 is 17.9 Å². The van der Waals surface area contributed by atoms with Gasteiger partial charge in [-0.1, -0.05) is 90.4 Å². The Balaban J connectivity index is 1.68. The zero-order valence-electron chi connectivity index (χ0n) is 21.8. The van der Waals surface area contributed by atoms with Crippen LogP contribution in [0.25, 0.3) is 0 Å². The van der Waals surface area contributed by atoms with Crippen LogP contribution in [0.5, 0.6) is 0 Å². The minimum atomic E-state index is -0.275. The van der Waals surface area contributed by atoms with Gasteiger partial charge in [0.05, 0.1) is 13.2 Å². The molecule has 0 atom stereocenters. The molecule has 0 aliphatic carbocycles. The van der Waals surface area contributed by atoms with Gasteiger partial charge in [-0.15, -0.1) is 0 Å². The van der Waals surface area contributed by atoms with Crippen LogP contribution < -0.4 is 5.32 Å². The van der Waals surface area contributed by atoms with Crippen LogP contribution in [0.2, 0.25) is 0 Å². The van der Waals surface area contributed by atoms with Crippen LogP contribution in [0, 0.1) is 0 Å². The third-order valence-corrected chi connectivity index (χ3v) is 7.53. The molecule has 33 heavy (non-hydrogen) atoms. The summed E-state index contributed by atoms with van der Waals surface area (Å²) in [6.45, 7) is 7.71. The van der Waals surface area contributed by atoms with Crippen molar-refractivity contribution in [2.24, 2.45) is 0 Å². The Labute approximate surface area is 209 Å². The average molecular weight is 487 g/mol. The molecule has 0 saturated carbocycles. The fourth-order valence-electron chi connectivity index (χ4n) is 4.16. The highest BCUT2D eigenvalue weighted by molar-refractivity contribution is 7.99. The third-order valence-electron chi connectivity index (χ3n) is 6.37. The van der Waals surface area contributed by atoms with Gasteiger partial charge >= 0.3 is 6.09 Å². The number of rotatable bonds is 23. The second-order valence-corrected chi connectivity index (χ2v) is 10.7. The Morgan fingerprint density at radius 3 is 1.88 bits per heavy atom. The minimum absolute atomic E-state index is 0.275. The van der Waals surface area contributed by atoms with Gasteiger partial charge in [-0.2, -0.15) is 11.8 Å². The van der Waals surface area contributed by atoms with Crippen LogP contribution in [0.1, 0.15) is 110 Å². The van der Waals surface area contributed by atoms with Crippen LogP contribution >= 0.6 is 11.8 Å². The summed E-state index contributed by atoms with van der Waals surface area (Å²) in [5.74, 6) is 2.72. The summed E-state index contributed by atoms with van der Waals surface area (Å²) in [4.78, 5) is 14.0. The van der Waals surface area contributed by atoms with Crippen molar-refractivity contribution in [1.29, 1.82) is 0 Å². The van der Waals surface area contributed by atoms with Crippen LogP contribution in [0.15, 0.2) is 0 Å². The normalized spacial score (nSPS) is 14.5. The quantitative estimate of drug-likeness (QED) is 0.157. The van der Waals surface area contributed by atoms with E-state index in [0.29, 0.717) is 6.61 Å². The maximum absolute atomic E-state index is 11.7. The van der Waals surface area contributed by atoms with Gasteiger partial charge in [0.25, 0.3) is 0 Å². The van der Waals surface area contributed by atoms with E-state index in [9.17, 15) is 4.79 Å². The molecular formula is C27H54N2O3S. The van der Waals surface area contributed by atoms with E-state index in [0.717, 1.165) is 45.8 Å². The number of unbranched alkanes of at least 4 members (excludes halogenated alkanes) is 14. The maximum Gasteiger partial charge on any atom is 0.407 e. The molecule has 0 spiro atoms. The van der Waals surface area contributed by atoms with Crippen molar-refractivity contribution in [2.75, 3.05) is 57.5 Å². The van der Waals surface area contributed by atoms with E-state index >= 15 is 0 Å². The summed E-state index contributed by atoms with van der Waals surface area (Å²) in [5, 5.41) is 2.87. The average Bonchev–Trinajstić information content (AvgIpc) is 2.83. The number of nitrogens with one attached hydrogen (secondary N) is 1. The minimum Gasteiger partial charge on any atom is -0.448 e. The predicted molar refractivity (Wildman–Crippen MR) is 143 cm³/mol. The topological polar surface area (TPSA) is 50.8 Å². The monoisotopic (exact) mass is 486 g/mol. The van der Waals surface area contributed by atoms with E-state index < -0.39 is 0 Å². The SMILES string of the molecule is CCCCCCCCCCSCCCCCCCCCCNC(=O)OCCN1CCOCC1. The van der Waals surface area contributed by atoms with E-state index in [-0.39, 0.29) is 6.09 Å². The lowest BCUT2D eigenvalue weighted by molar-refractivity contribution is 0.0281. The fourth-order valence-corrected chi connectivity index (χ4v) is 5.18. The fraction of sp³-hybridized carbons (Fsp3) is 0.963.